The Morgan fingerprint density at radius 2 is 2.00 bits per heavy atom. The largest absolute Gasteiger partial charge is 0.481 e. The van der Waals surface area contributed by atoms with Gasteiger partial charge in [0.2, 0.25) is 5.91 Å². The number of amides is 1. The van der Waals surface area contributed by atoms with Crippen molar-refractivity contribution in [3.63, 3.8) is 0 Å². The number of nitrogens with zero attached hydrogens (tertiary/aromatic N) is 1. The Kier molecular flexibility index (Phi) is 5.81. The van der Waals surface area contributed by atoms with Gasteiger partial charge in [-0.2, -0.15) is 5.26 Å². The molecule has 1 amide bonds. The molecule has 1 saturated carbocycles. The first-order chi connectivity index (χ1) is 9.03. The first kappa shape index (κ1) is 15.5. The molecule has 0 aliphatic heterocycles. The molecule has 0 spiro atoms. The van der Waals surface area contributed by atoms with E-state index in [1.54, 1.807) is 0 Å². The molecule has 1 fully saturated rings. The summed E-state index contributed by atoms with van der Waals surface area (Å²) in [6, 6.07) is 1.86. The van der Waals surface area contributed by atoms with Crippen LogP contribution in [0.5, 0.6) is 0 Å². The zero-order valence-corrected chi connectivity index (χ0v) is 11.6. The van der Waals surface area contributed by atoms with Crippen LogP contribution in [0, 0.1) is 29.1 Å². The summed E-state index contributed by atoms with van der Waals surface area (Å²) < 4.78 is 0. The van der Waals surface area contributed by atoms with Gasteiger partial charge in [0.15, 0.2) is 0 Å². The van der Waals surface area contributed by atoms with Gasteiger partial charge in [0.05, 0.1) is 24.3 Å². The number of hydrogen-bond donors (Lipinski definition) is 2. The van der Waals surface area contributed by atoms with Gasteiger partial charge in [-0.1, -0.05) is 20.3 Å². The lowest BCUT2D eigenvalue weighted by Crippen LogP contribution is -2.41. The molecule has 2 unspecified atom stereocenters. The highest BCUT2D eigenvalue weighted by Gasteiger charge is 2.42. The van der Waals surface area contributed by atoms with Crippen molar-refractivity contribution >= 4 is 11.9 Å². The highest BCUT2D eigenvalue weighted by molar-refractivity contribution is 5.85. The molecule has 0 heterocycles. The minimum Gasteiger partial charge on any atom is -0.481 e. The maximum Gasteiger partial charge on any atom is 0.307 e. The number of carboxylic acid groups (broad SMARTS) is 1. The predicted molar refractivity (Wildman–Crippen MR) is 70.1 cm³/mol. The summed E-state index contributed by atoms with van der Waals surface area (Å²) in [5, 5.41) is 20.7. The Hall–Kier alpha value is -1.57. The Labute approximate surface area is 114 Å². The maximum absolute atomic E-state index is 12.2. The molecule has 19 heavy (non-hydrogen) atoms. The Morgan fingerprint density at radius 1 is 1.37 bits per heavy atom. The van der Waals surface area contributed by atoms with Crippen LogP contribution in [0.15, 0.2) is 0 Å². The molecule has 4 atom stereocenters. The minimum absolute atomic E-state index is 0.173. The first-order valence-electron chi connectivity index (χ1n) is 6.93. The van der Waals surface area contributed by atoms with E-state index in [0.717, 1.165) is 6.42 Å². The molecule has 0 radical (unpaired) electrons. The first-order valence-corrected chi connectivity index (χ1v) is 6.93. The summed E-state index contributed by atoms with van der Waals surface area (Å²) in [6.45, 7) is 3.93. The second kappa shape index (κ2) is 7.13. The minimum atomic E-state index is -0.885. The molecule has 0 aromatic rings. The summed E-state index contributed by atoms with van der Waals surface area (Å²) in [5.74, 6) is -1.80. The molecule has 1 rings (SSSR count). The summed E-state index contributed by atoms with van der Waals surface area (Å²) in [7, 11) is 0. The maximum atomic E-state index is 12.2. The van der Waals surface area contributed by atoms with Crippen LogP contribution in [0.3, 0.4) is 0 Å². The van der Waals surface area contributed by atoms with Gasteiger partial charge in [0, 0.05) is 6.04 Å². The number of hydrogen-bond acceptors (Lipinski definition) is 3. The average Bonchev–Trinajstić information content (AvgIpc) is 2.82. The van der Waals surface area contributed by atoms with Gasteiger partial charge in [0.1, 0.15) is 0 Å². The molecule has 5 heteroatoms. The van der Waals surface area contributed by atoms with Crippen LogP contribution in [0.2, 0.25) is 0 Å². The van der Waals surface area contributed by atoms with Crippen LogP contribution < -0.4 is 5.32 Å². The molecule has 0 bridgehead atoms. The van der Waals surface area contributed by atoms with Crippen molar-refractivity contribution in [3.8, 4) is 6.07 Å². The van der Waals surface area contributed by atoms with E-state index >= 15 is 0 Å². The molecule has 1 aliphatic carbocycles. The number of carbonyl (C=O) groups excluding carboxylic acids is 1. The zero-order valence-electron chi connectivity index (χ0n) is 11.6. The highest BCUT2D eigenvalue weighted by atomic mass is 16.4. The number of rotatable bonds is 6. The molecular weight excluding hydrogens is 244 g/mol. The van der Waals surface area contributed by atoms with E-state index in [4.69, 9.17) is 5.26 Å². The summed E-state index contributed by atoms with van der Waals surface area (Å²) in [6.07, 6.45) is 3.08. The zero-order chi connectivity index (χ0) is 14.4. The fraction of sp³-hybridized carbons (Fsp3) is 0.786. The topological polar surface area (TPSA) is 90.2 Å². The predicted octanol–water partition coefficient (Wildman–Crippen LogP) is 1.93. The van der Waals surface area contributed by atoms with Crippen molar-refractivity contribution in [2.45, 2.75) is 52.0 Å². The summed E-state index contributed by atoms with van der Waals surface area (Å²) in [4.78, 5) is 23.4. The van der Waals surface area contributed by atoms with Crippen LogP contribution in [0.25, 0.3) is 0 Å². The quantitative estimate of drug-likeness (QED) is 0.768. The Morgan fingerprint density at radius 3 is 2.47 bits per heavy atom. The molecule has 0 aromatic heterocycles. The van der Waals surface area contributed by atoms with Crippen LogP contribution in [0.1, 0.15) is 46.0 Å². The lowest BCUT2D eigenvalue weighted by atomic mass is 9.95. The molecule has 5 nitrogen and oxygen atoms in total. The summed E-state index contributed by atoms with van der Waals surface area (Å²) in [5.41, 5.74) is 0. The Balaban J connectivity index is 2.68. The molecule has 1 aliphatic rings. The Bertz CT molecular complexity index is 375. The third kappa shape index (κ3) is 3.95. The van der Waals surface area contributed by atoms with Crippen molar-refractivity contribution in [2.24, 2.45) is 17.8 Å². The van der Waals surface area contributed by atoms with Gasteiger partial charge in [-0.25, -0.2) is 0 Å². The molecule has 106 valence electrons. The molecule has 0 aromatic carbocycles. The molecule has 2 N–H and O–H groups in total. The van der Waals surface area contributed by atoms with Crippen molar-refractivity contribution in [1.29, 1.82) is 5.26 Å². The number of carboxylic acids is 1. The lowest BCUT2D eigenvalue weighted by Gasteiger charge is -2.19. The SMILES string of the molecule is CCC1C[C@H](C(=O)NC(CC)CC#N)[C@H](C(=O)O)C1. The number of nitriles is 1. The third-order valence-corrected chi connectivity index (χ3v) is 4.07. The number of aliphatic carboxylic acids is 1. The fourth-order valence-corrected chi connectivity index (χ4v) is 2.75. The van der Waals surface area contributed by atoms with Crippen LogP contribution in [-0.4, -0.2) is 23.0 Å². The highest BCUT2D eigenvalue weighted by Crippen LogP contribution is 2.38. The summed E-state index contributed by atoms with van der Waals surface area (Å²) >= 11 is 0. The van der Waals surface area contributed by atoms with Gasteiger partial charge >= 0.3 is 5.97 Å². The second-order valence-corrected chi connectivity index (χ2v) is 5.27. The number of nitrogens with one attached hydrogen (secondary N) is 1. The third-order valence-electron chi connectivity index (χ3n) is 4.07. The normalized spacial score (nSPS) is 27.5. The smallest absolute Gasteiger partial charge is 0.307 e. The van der Waals surface area contributed by atoms with E-state index in [1.807, 2.05) is 19.9 Å². The van der Waals surface area contributed by atoms with E-state index in [9.17, 15) is 14.7 Å². The van der Waals surface area contributed by atoms with E-state index in [-0.39, 0.29) is 18.4 Å². The standard InChI is InChI=1S/C14H22N2O3/c1-3-9-7-11(12(8-9)14(18)19)13(17)16-10(4-2)5-6-15/h9-12H,3-5,7-8H2,1-2H3,(H,16,17)(H,18,19)/t9?,10?,11-,12+/m0/s1. The van der Waals surface area contributed by atoms with Crippen molar-refractivity contribution < 1.29 is 14.7 Å². The van der Waals surface area contributed by atoms with Gasteiger partial charge in [-0.05, 0) is 25.2 Å². The van der Waals surface area contributed by atoms with E-state index in [2.05, 4.69) is 5.32 Å². The van der Waals surface area contributed by atoms with Crippen LogP contribution in [-0.2, 0) is 9.59 Å². The van der Waals surface area contributed by atoms with Crippen molar-refractivity contribution in [1.82, 2.24) is 5.32 Å². The van der Waals surface area contributed by atoms with Gasteiger partial charge < -0.3 is 10.4 Å². The molecular formula is C14H22N2O3. The van der Waals surface area contributed by atoms with E-state index in [1.165, 1.54) is 0 Å². The van der Waals surface area contributed by atoms with Gasteiger partial charge in [-0.3, -0.25) is 9.59 Å². The fourth-order valence-electron chi connectivity index (χ4n) is 2.75. The average molecular weight is 266 g/mol. The van der Waals surface area contributed by atoms with Crippen LogP contribution >= 0.6 is 0 Å². The van der Waals surface area contributed by atoms with Crippen molar-refractivity contribution in [2.75, 3.05) is 0 Å². The van der Waals surface area contributed by atoms with Gasteiger partial charge in [0.25, 0.3) is 0 Å². The lowest BCUT2D eigenvalue weighted by molar-refractivity contribution is -0.146. The van der Waals surface area contributed by atoms with E-state index in [0.29, 0.717) is 25.2 Å². The second-order valence-electron chi connectivity index (χ2n) is 5.27. The monoisotopic (exact) mass is 266 g/mol. The van der Waals surface area contributed by atoms with Gasteiger partial charge in [-0.15, -0.1) is 0 Å². The number of carbonyl (C=O) groups is 2. The van der Waals surface area contributed by atoms with Crippen molar-refractivity contribution in [3.05, 3.63) is 0 Å². The van der Waals surface area contributed by atoms with E-state index < -0.39 is 17.8 Å². The molecule has 0 saturated heterocycles. The van der Waals surface area contributed by atoms with Crippen LogP contribution in [0.4, 0.5) is 0 Å².